The number of nitrogens with zero attached hydrogens (tertiary/aromatic N) is 2. The molecular formula is C24H28N2. The molecule has 0 atom stereocenters. The first-order chi connectivity index (χ1) is 12.8. The maximum Gasteiger partial charge on any atom is 0.0429 e. The van der Waals surface area contributed by atoms with Crippen LogP contribution in [0, 0.1) is 0 Å². The Balaban J connectivity index is 1.73. The molecular weight excluding hydrogens is 316 g/mol. The summed E-state index contributed by atoms with van der Waals surface area (Å²) in [6.45, 7) is 8.30. The summed E-state index contributed by atoms with van der Waals surface area (Å²) in [6, 6.07) is 30.3. The fourth-order valence-corrected chi connectivity index (χ4v) is 3.32. The van der Waals surface area contributed by atoms with Gasteiger partial charge in [-0.2, -0.15) is 0 Å². The molecule has 0 saturated carbocycles. The minimum atomic E-state index is 0.936. The molecule has 3 aromatic carbocycles. The van der Waals surface area contributed by atoms with Crippen molar-refractivity contribution in [3.05, 3.63) is 96.1 Å². The summed E-state index contributed by atoms with van der Waals surface area (Å²) in [6.07, 6.45) is 0. The van der Waals surface area contributed by atoms with Gasteiger partial charge in [0.2, 0.25) is 0 Å². The Morgan fingerprint density at radius 3 is 1.35 bits per heavy atom. The Labute approximate surface area is 157 Å². The SMILES string of the molecule is CCN(Cc1cccc(CN(CC)c2ccccc2)c1)c1ccccc1. The molecule has 2 nitrogen and oxygen atoms in total. The van der Waals surface area contributed by atoms with Gasteiger partial charge in [-0.05, 0) is 49.2 Å². The van der Waals surface area contributed by atoms with E-state index in [-0.39, 0.29) is 0 Å². The van der Waals surface area contributed by atoms with E-state index < -0.39 is 0 Å². The Hall–Kier alpha value is -2.74. The summed E-state index contributed by atoms with van der Waals surface area (Å²) in [7, 11) is 0. The molecule has 0 aromatic heterocycles. The summed E-state index contributed by atoms with van der Waals surface area (Å²) in [5.41, 5.74) is 5.27. The van der Waals surface area contributed by atoms with Crippen LogP contribution in [0.2, 0.25) is 0 Å². The van der Waals surface area contributed by atoms with Crippen LogP contribution >= 0.6 is 0 Å². The van der Waals surface area contributed by atoms with Crippen molar-refractivity contribution in [1.29, 1.82) is 0 Å². The van der Waals surface area contributed by atoms with E-state index in [1.54, 1.807) is 0 Å². The second kappa shape index (κ2) is 9.10. The zero-order chi connectivity index (χ0) is 18.2. The van der Waals surface area contributed by atoms with Crippen LogP contribution in [0.4, 0.5) is 11.4 Å². The molecule has 0 aliphatic rings. The Morgan fingerprint density at radius 1 is 0.538 bits per heavy atom. The quantitative estimate of drug-likeness (QED) is 0.514. The third-order valence-electron chi connectivity index (χ3n) is 4.74. The molecule has 0 saturated heterocycles. The minimum absolute atomic E-state index is 0.936. The monoisotopic (exact) mass is 344 g/mol. The highest BCUT2D eigenvalue weighted by atomic mass is 15.1. The fraction of sp³-hybridized carbons (Fsp3) is 0.250. The van der Waals surface area contributed by atoms with Crippen LogP contribution in [-0.4, -0.2) is 13.1 Å². The van der Waals surface area contributed by atoms with Gasteiger partial charge in [-0.3, -0.25) is 0 Å². The predicted molar refractivity (Wildman–Crippen MR) is 113 cm³/mol. The predicted octanol–water partition coefficient (Wildman–Crippen LogP) is 5.74. The molecule has 0 fully saturated rings. The fourth-order valence-electron chi connectivity index (χ4n) is 3.32. The van der Waals surface area contributed by atoms with Crippen molar-refractivity contribution in [3.63, 3.8) is 0 Å². The maximum absolute atomic E-state index is 2.41. The number of para-hydroxylation sites is 2. The van der Waals surface area contributed by atoms with E-state index in [4.69, 9.17) is 0 Å². The molecule has 0 radical (unpaired) electrons. The highest BCUT2D eigenvalue weighted by Crippen LogP contribution is 2.20. The van der Waals surface area contributed by atoms with E-state index in [1.165, 1.54) is 22.5 Å². The minimum Gasteiger partial charge on any atom is -0.367 e. The van der Waals surface area contributed by atoms with E-state index in [0.29, 0.717) is 0 Å². The highest BCUT2D eigenvalue weighted by Gasteiger charge is 2.08. The van der Waals surface area contributed by atoms with Gasteiger partial charge in [0.15, 0.2) is 0 Å². The van der Waals surface area contributed by atoms with Crippen LogP contribution in [-0.2, 0) is 13.1 Å². The lowest BCUT2D eigenvalue weighted by molar-refractivity contribution is 0.815. The lowest BCUT2D eigenvalue weighted by atomic mass is 10.1. The van der Waals surface area contributed by atoms with E-state index in [2.05, 4.69) is 109 Å². The highest BCUT2D eigenvalue weighted by molar-refractivity contribution is 5.48. The number of hydrogen-bond acceptors (Lipinski definition) is 2. The average molecular weight is 345 g/mol. The van der Waals surface area contributed by atoms with Crippen molar-refractivity contribution in [2.75, 3.05) is 22.9 Å². The summed E-state index contributed by atoms with van der Waals surface area (Å²) in [4.78, 5) is 4.82. The van der Waals surface area contributed by atoms with Crippen LogP contribution in [0.5, 0.6) is 0 Å². The normalized spacial score (nSPS) is 10.5. The topological polar surface area (TPSA) is 6.48 Å². The van der Waals surface area contributed by atoms with Crippen molar-refractivity contribution >= 4 is 11.4 Å². The molecule has 2 heteroatoms. The second-order valence-corrected chi connectivity index (χ2v) is 6.52. The molecule has 26 heavy (non-hydrogen) atoms. The lowest BCUT2D eigenvalue weighted by Crippen LogP contribution is -2.23. The number of benzene rings is 3. The first-order valence-electron chi connectivity index (χ1n) is 9.48. The van der Waals surface area contributed by atoms with Gasteiger partial charge in [0.1, 0.15) is 0 Å². The molecule has 0 spiro atoms. The van der Waals surface area contributed by atoms with Gasteiger partial charge in [-0.15, -0.1) is 0 Å². The van der Waals surface area contributed by atoms with E-state index in [1.807, 2.05) is 0 Å². The zero-order valence-corrected chi connectivity index (χ0v) is 15.8. The van der Waals surface area contributed by atoms with Gasteiger partial charge in [0.25, 0.3) is 0 Å². The Bertz CT molecular complexity index is 719. The molecule has 0 aliphatic heterocycles. The molecule has 0 unspecified atom stereocenters. The molecule has 3 rings (SSSR count). The van der Waals surface area contributed by atoms with Crippen LogP contribution in [0.15, 0.2) is 84.9 Å². The molecule has 134 valence electrons. The lowest BCUT2D eigenvalue weighted by Gasteiger charge is -2.25. The Morgan fingerprint density at radius 2 is 0.962 bits per heavy atom. The smallest absolute Gasteiger partial charge is 0.0429 e. The molecule has 0 N–H and O–H groups in total. The standard InChI is InChI=1S/C24H28N2/c1-3-25(23-14-7-5-8-15-23)19-21-12-11-13-22(18-21)20-26(4-2)24-16-9-6-10-17-24/h5-18H,3-4,19-20H2,1-2H3. The van der Waals surface area contributed by atoms with E-state index in [9.17, 15) is 0 Å². The summed E-state index contributed by atoms with van der Waals surface area (Å²) in [5, 5.41) is 0. The van der Waals surface area contributed by atoms with Gasteiger partial charge < -0.3 is 9.80 Å². The number of rotatable bonds is 8. The van der Waals surface area contributed by atoms with Crippen LogP contribution in [0.25, 0.3) is 0 Å². The number of anilines is 2. The van der Waals surface area contributed by atoms with Crippen LogP contribution in [0.1, 0.15) is 25.0 Å². The summed E-state index contributed by atoms with van der Waals surface area (Å²) < 4.78 is 0. The molecule has 3 aromatic rings. The van der Waals surface area contributed by atoms with E-state index in [0.717, 1.165) is 26.2 Å². The van der Waals surface area contributed by atoms with Gasteiger partial charge in [-0.25, -0.2) is 0 Å². The van der Waals surface area contributed by atoms with Gasteiger partial charge >= 0.3 is 0 Å². The van der Waals surface area contributed by atoms with Gasteiger partial charge in [-0.1, -0.05) is 60.7 Å². The molecule has 0 aliphatic carbocycles. The van der Waals surface area contributed by atoms with Crippen molar-refractivity contribution < 1.29 is 0 Å². The first kappa shape index (κ1) is 18.1. The molecule has 0 heterocycles. The third kappa shape index (κ3) is 4.66. The van der Waals surface area contributed by atoms with Crippen molar-refractivity contribution in [1.82, 2.24) is 0 Å². The number of hydrogen-bond donors (Lipinski definition) is 0. The van der Waals surface area contributed by atoms with E-state index >= 15 is 0 Å². The zero-order valence-electron chi connectivity index (χ0n) is 15.8. The van der Waals surface area contributed by atoms with Gasteiger partial charge in [0.05, 0.1) is 0 Å². The largest absolute Gasteiger partial charge is 0.367 e. The summed E-state index contributed by atoms with van der Waals surface area (Å²) in [5.74, 6) is 0. The van der Waals surface area contributed by atoms with Crippen LogP contribution in [0.3, 0.4) is 0 Å². The third-order valence-corrected chi connectivity index (χ3v) is 4.74. The van der Waals surface area contributed by atoms with Gasteiger partial charge in [0, 0.05) is 37.6 Å². The van der Waals surface area contributed by atoms with Crippen molar-refractivity contribution in [3.8, 4) is 0 Å². The second-order valence-electron chi connectivity index (χ2n) is 6.52. The first-order valence-corrected chi connectivity index (χ1v) is 9.48. The van der Waals surface area contributed by atoms with Crippen molar-refractivity contribution in [2.24, 2.45) is 0 Å². The van der Waals surface area contributed by atoms with Crippen molar-refractivity contribution in [2.45, 2.75) is 26.9 Å². The summed E-state index contributed by atoms with van der Waals surface area (Å²) >= 11 is 0. The van der Waals surface area contributed by atoms with Crippen LogP contribution < -0.4 is 9.80 Å². The molecule has 0 amide bonds. The Kier molecular flexibility index (Phi) is 6.32. The average Bonchev–Trinajstić information content (AvgIpc) is 2.72. The maximum atomic E-state index is 2.41. The molecule has 0 bridgehead atoms.